The molecule has 0 aromatic rings. The number of hydrogen-bond donors (Lipinski definition) is 0. The Balaban J connectivity index is 3.83. The third kappa shape index (κ3) is 10.1. The number of rotatable bonds is 3. The van der Waals surface area contributed by atoms with Crippen molar-refractivity contribution >= 4 is 13.3 Å². The molecule has 0 saturated carbocycles. The predicted molar refractivity (Wildman–Crippen MR) is 55.5 cm³/mol. The van der Waals surface area contributed by atoms with Gasteiger partial charge in [-0.3, -0.25) is 0 Å². The Labute approximate surface area is 73.7 Å². The van der Waals surface area contributed by atoms with Crippen molar-refractivity contribution in [1.29, 1.82) is 0 Å². The molecule has 0 spiro atoms. The number of hydrogen-bond acceptors (Lipinski definition) is 0. The maximum atomic E-state index is 3.29. The minimum absolute atomic E-state index is 0.767. The van der Waals surface area contributed by atoms with Crippen molar-refractivity contribution in [3.8, 4) is 0 Å². The molecule has 0 N–H and O–H groups in total. The standard InChI is InChI=1S/C10H20Ge/c1-10(2)8-6-7-9-11(3,4)5/h6,9-10H,8H2,1-5H3. The van der Waals surface area contributed by atoms with Crippen LogP contribution in [0.2, 0.25) is 17.3 Å². The van der Waals surface area contributed by atoms with E-state index in [4.69, 9.17) is 0 Å². The zero-order valence-corrected chi connectivity index (χ0v) is 10.5. The summed E-state index contributed by atoms with van der Waals surface area (Å²) in [7, 11) is 0. The first-order valence-electron chi connectivity index (χ1n) is 4.34. The molecule has 0 heterocycles. The van der Waals surface area contributed by atoms with Crippen molar-refractivity contribution in [2.24, 2.45) is 5.92 Å². The van der Waals surface area contributed by atoms with Crippen molar-refractivity contribution in [3.63, 3.8) is 0 Å². The zero-order valence-electron chi connectivity index (χ0n) is 8.44. The molecule has 0 radical (unpaired) electrons. The van der Waals surface area contributed by atoms with Gasteiger partial charge < -0.3 is 0 Å². The Morgan fingerprint density at radius 3 is 2.18 bits per heavy atom. The molecule has 0 saturated heterocycles. The third-order valence-corrected chi connectivity index (χ3v) is 3.39. The molecule has 0 bridgehead atoms. The third-order valence-electron chi connectivity index (χ3n) is 1.22. The van der Waals surface area contributed by atoms with Crippen LogP contribution in [0.5, 0.6) is 0 Å². The Hall–Kier alpha value is 0.0629. The first-order chi connectivity index (χ1) is 4.92. The monoisotopic (exact) mass is 214 g/mol. The normalized spacial score (nSPS) is 11.1. The van der Waals surface area contributed by atoms with E-state index in [1.807, 2.05) is 0 Å². The van der Waals surface area contributed by atoms with E-state index in [0.29, 0.717) is 0 Å². The fraction of sp³-hybridized carbons (Fsp3) is 0.700. The van der Waals surface area contributed by atoms with Crippen molar-refractivity contribution in [2.45, 2.75) is 37.5 Å². The van der Waals surface area contributed by atoms with Crippen LogP contribution in [-0.4, -0.2) is 13.3 Å². The molecular weight excluding hydrogens is 193 g/mol. The molecule has 0 aliphatic rings. The van der Waals surface area contributed by atoms with Gasteiger partial charge in [0.1, 0.15) is 0 Å². The molecule has 0 aliphatic carbocycles. The van der Waals surface area contributed by atoms with E-state index in [1.165, 1.54) is 0 Å². The van der Waals surface area contributed by atoms with Crippen LogP contribution in [0.1, 0.15) is 20.3 Å². The van der Waals surface area contributed by atoms with Gasteiger partial charge in [0.15, 0.2) is 0 Å². The summed E-state index contributed by atoms with van der Waals surface area (Å²) in [6, 6.07) is 0. The molecule has 0 unspecified atom stereocenters. The number of allylic oxidation sites excluding steroid dienone is 1. The molecule has 0 aliphatic heterocycles. The Kier molecular flexibility index (Phi) is 4.87. The molecule has 11 heavy (non-hydrogen) atoms. The van der Waals surface area contributed by atoms with Crippen LogP contribution in [0.4, 0.5) is 0 Å². The van der Waals surface area contributed by atoms with Gasteiger partial charge in [-0.1, -0.05) is 0 Å². The van der Waals surface area contributed by atoms with Gasteiger partial charge >= 0.3 is 73.4 Å². The van der Waals surface area contributed by atoms with Gasteiger partial charge in [-0.2, -0.15) is 0 Å². The maximum absolute atomic E-state index is 3.29. The summed E-state index contributed by atoms with van der Waals surface area (Å²) in [6.45, 7) is 4.47. The van der Waals surface area contributed by atoms with E-state index in [2.05, 4.69) is 47.8 Å². The zero-order chi connectivity index (χ0) is 8.91. The van der Waals surface area contributed by atoms with Crippen LogP contribution >= 0.6 is 0 Å². The summed E-state index contributed by atoms with van der Waals surface area (Å²) < 4.78 is 0. The van der Waals surface area contributed by atoms with Crippen molar-refractivity contribution in [2.75, 3.05) is 0 Å². The second-order valence-electron chi connectivity index (χ2n) is 4.51. The van der Waals surface area contributed by atoms with E-state index in [-0.39, 0.29) is 0 Å². The second-order valence-corrected chi connectivity index (χ2v) is 15.0. The van der Waals surface area contributed by atoms with Gasteiger partial charge in [0, 0.05) is 0 Å². The molecule has 0 aromatic heterocycles. The molecule has 64 valence electrons. The summed E-state index contributed by atoms with van der Waals surface area (Å²) in [5, 5.41) is 0. The van der Waals surface area contributed by atoms with Gasteiger partial charge in [-0.25, -0.2) is 0 Å². The fourth-order valence-corrected chi connectivity index (χ4v) is 1.91. The SMILES string of the molecule is CC(C)CC=C=[CH][Ge]([CH3])([CH3])[CH3]. The molecule has 0 aromatic carbocycles. The van der Waals surface area contributed by atoms with Crippen LogP contribution in [0.15, 0.2) is 16.7 Å². The Morgan fingerprint density at radius 1 is 1.27 bits per heavy atom. The minimum atomic E-state index is -1.44. The molecule has 0 nitrogen and oxygen atoms in total. The Bertz CT molecular complexity index is 154. The quantitative estimate of drug-likeness (QED) is 0.495. The van der Waals surface area contributed by atoms with Crippen molar-refractivity contribution < 1.29 is 0 Å². The summed E-state index contributed by atoms with van der Waals surface area (Å²) in [4.78, 5) is 2.31. The van der Waals surface area contributed by atoms with E-state index >= 15 is 0 Å². The van der Waals surface area contributed by atoms with Gasteiger partial charge in [0.25, 0.3) is 0 Å². The second kappa shape index (κ2) is 4.84. The first-order valence-corrected chi connectivity index (χ1v) is 11.8. The van der Waals surface area contributed by atoms with Crippen LogP contribution in [0, 0.1) is 5.92 Å². The van der Waals surface area contributed by atoms with Gasteiger partial charge in [-0.15, -0.1) is 0 Å². The summed E-state index contributed by atoms with van der Waals surface area (Å²) in [5.74, 6) is 7.88. The van der Waals surface area contributed by atoms with E-state index in [0.717, 1.165) is 12.3 Å². The van der Waals surface area contributed by atoms with Crippen LogP contribution in [0.3, 0.4) is 0 Å². The molecule has 0 rings (SSSR count). The molecule has 0 atom stereocenters. The van der Waals surface area contributed by atoms with Crippen LogP contribution in [-0.2, 0) is 0 Å². The molecule has 0 fully saturated rings. The Morgan fingerprint density at radius 2 is 1.82 bits per heavy atom. The summed E-state index contributed by atoms with van der Waals surface area (Å²) >= 11 is -1.44. The van der Waals surface area contributed by atoms with Gasteiger partial charge in [0.05, 0.1) is 0 Å². The summed E-state index contributed by atoms with van der Waals surface area (Å²) in [6.07, 6.45) is 3.33. The van der Waals surface area contributed by atoms with Gasteiger partial charge in [0.2, 0.25) is 0 Å². The first kappa shape index (κ1) is 11.1. The predicted octanol–water partition coefficient (Wildman–Crippen LogP) is 3.62. The van der Waals surface area contributed by atoms with Crippen LogP contribution in [0.25, 0.3) is 0 Å². The fourth-order valence-electron chi connectivity index (χ4n) is 0.613. The van der Waals surface area contributed by atoms with Crippen molar-refractivity contribution in [1.82, 2.24) is 0 Å². The van der Waals surface area contributed by atoms with Gasteiger partial charge in [-0.05, 0) is 0 Å². The van der Waals surface area contributed by atoms with E-state index in [9.17, 15) is 0 Å². The molecule has 0 amide bonds. The summed E-state index contributed by atoms with van der Waals surface area (Å²) in [5.41, 5.74) is 3.29. The van der Waals surface area contributed by atoms with Crippen LogP contribution < -0.4 is 0 Å². The molecule has 1 heteroatoms. The average Bonchev–Trinajstić information content (AvgIpc) is 1.78. The topological polar surface area (TPSA) is 0 Å². The van der Waals surface area contributed by atoms with E-state index in [1.54, 1.807) is 0 Å². The average molecular weight is 213 g/mol. The van der Waals surface area contributed by atoms with E-state index < -0.39 is 13.3 Å². The van der Waals surface area contributed by atoms with Crippen molar-refractivity contribution in [3.05, 3.63) is 16.7 Å². The molecular formula is C10H20Ge.